The van der Waals surface area contributed by atoms with Crippen molar-refractivity contribution in [1.82, 2.24) is 10.2 Å². The molecule has 1 fully saturated rings. The summed E-state index contributed by atoms with van der Waals surface area (Å²) in [5, 5.41) is 5.30. The first kappa shape index (κ1) is 24.0. The molecule has 1 saturated heterocycles. The molecule has 13 heteroatoms. The fraction of sp³-hybridized carbons (Fsp3) is 0.526. The molecule has 0 aromatic heterocycles. The van der Waals surface area contributed by atoms with Gasteiger partial charge in [0.05, 0.1) is 36.0 Å². The highest BCUT2D eigenvalue weighted by molar-refractivity contribution is 6.34. The SMILES string of the molecule is CN=C1NC(Nc2cc(OC)c(C(=O)N3CCC(F)(F)C3)cc2Cl)=NC(C)C1C(F)(F)F. The number of ether oxygens (including phenoxy) is 1. The van der Waals surface area contributed by atoms with E-state index in [1.807, 2.05) is 0 Å². The summed E-state index contributed by atoms with van der Waals surface area (Å²) in [5.41, 5.74) is 0.173. The van der Waals surface area contributed by atoms with Crippen LogP contribution in [0, 0.1) is 5.92 Å². The third-order valence-corrected chi connectivity index (χ3v) is 5.49. The zero-order valence-electron chi connectivity index (χ0n) is 17.4. The van der Waals surface area contributed by atoms with Gasteiger partial charge in [-0.2, -0.15) is 13.2 Å². The number of halogens is 6. The van der Waals surface area contributed by atoms with Gasteiger partial charge in [0.1, 0.15) is 17.5 Å². The number of benzene rings is 1. The number of hydrogen-bond donors (Lipinski definition) is 2. The zero-order chi connectivity index (χ0) is 23.8. The van der Waals surface area contributed by atoms with Gasteiger partial charge in [-0.25, -0.2) is 13.8 Å². The van der Waals surface area contributed by atoms with Crippen LogP contribution < -0.4 is 15.4 Å². The van der Waals surface area contributed by atoms with E-state index in [0.29, 0.717) is 0 Å². The Labute approximate surface area is 185 Å². The summed E-state index contributed by atoms with van der Waals surface area (Å²) >= 11 is 6.26. The molecule has 7 nitrogen and oxygen atoms in total. The maximum absolute atomic E-state index is 13.5. The van der Waals surface area contributed by atoms with Crippen LogP contribution in [0.3, 0.4) is 0 Å². The van der Waals surface area contributed by atoms with Crippen molar-refractivity contribution in [2.45, 2.75) is 31.5 Å². The molecule has 0 aliphatic carbocycles. The number of carbonyl (C=O) groups excluding carboxylic acids is 1. The van der Waals surface area contributed by atoms with Gasteiger partial charge in [-0.1, -0.05) is 11.6 Å². The van der Waals surface area contributed by atoms with Crippen molar-refractivity contribution in [3.8, 4) is 5.75 Å². The van der Waals surface area contributed by atoms with E-state index in [1.54, 1.807) is 0 Å². The van der Waals surface area contributed by atoms with Gasteiger partial charge in [0, 0.05) is 26.1 Å². The van der Waals surface area contributed by atoms with Crippen LogP contribution in [-0.4, -0.2) is 68.0 Å². The van der Waals surface area contributed by atoms with Gasteiger partial charge in [-0.15, -0.1) is 0 Å². The van der Waals surface area contributed by atoms with Gasteiger partial charge < -0.3 is 20.3 Å². The molecule has 2 aliphatic heterocycles. The molecule has 2 atom stereocenters. The number of aliphatic imine (C=N–C) groups is 2. The number of carbonyl (C=O) groups is 1. The minimum Gasteiger partial charge on any atom is -0.496 e. The molecule has 0 radical (unpaired) electrons. The Morgan fingerprint density at radius 2 is 2.09 bits per heavy atom. The molecule has 176 valence electrons. The van der Waals surface area contributed by atoms with Gasteiger partial charge in [-0.3, -0.25) is 9.79 Å². The van der Waals surface area contributed by atoms with Crippen molar-refractivity contribution in [3.05, 3.63) is 22.7 Å². The minimum atomic E-state index is -4.54. The summed E-state index contributed by atoms with van der Waals surface area (Å²) in [5.74, 6) is -5.79. The van der Waals surface area contributed by atoms with Crippen molar-refractivity contribution in [2.24, 2.45) is 15.9 Å². The van der Waals surface area contributed by atoms with Crippen molar-refractivity contribution < 1.29 is 31.5 Å². The molecule has 1 aromatic carbocycles. The second-order valence-electron chi connectivity index (χ2n) is 7.46. The number of rotatable bonds is 3. The monoisotopic (exact) mass is 481 g/mol. The molecule has 1 aromatic rings. The van der Waals surface area contributed by atoms with E-state index in [0.717, 1.165) is 4.90 Å². The lowest BCUT2D eigenvalue weighted by atomic mass is 9.98. The number of methoxy groups -OCH3 is 1. The van der Waals surface area contributed by atoms with Crippen molar-refractivity contribution in [3.63, 3.8) is 0 Å². The number of nitrogens with one attached hydrogen (secondary N) is 2. The molecule has 0 saturated carbocycles. The number of amides is 1. The topological polar surface area (TPSA) is 78.3 Å². The maximum Gasteiger partial charge on any atom is 0.400 e. The molecule has 0 bridgehead atoms. The van der Waals surface area contributed by atoms with Crippen LogP contribution in [0.25, 0.3) is 0 Å². The predicted octanol–water partition coefficient (Wildman–Crippen LogP) is 3.80. The molecule has 1 amide bonds. The fourth-order valence-electron chi connectivity index (χ4n) is 3.62. The molecule has 3 rings (SSSR count). The number of hydrogen-bond acceptors (Lipinski definition) is 5. The standard InChI is InChI=1S/C19H21ClF5N5O2/c1-9-14(19(23,24)25)15(26-2)29-17(27-9)28-12-7-13(32-3)10(6-11(12)20)16(31)30-5-4-18(21,22)8-30/h6-7,9,14H,4-5,8H2,1-3H3,(H2,26,27,28,29). The molecule has 0 spiro atoms. The van der Waals surface area contributed by atoms with Crippen LogP contribution in [0.5, 0.6) is 5.75 Å². The van der Waals surface area contributed by atoms with E-state index in [-0.39, 0.29) is 40.4 Å². The van der Waals surface area contributed by atoms with Crippen molar-refractivity contribution >= 4 is 35.0 Å². The summed E-state index contributed by atoms with van der Waals surface area (Å²) in [7, 11) is 2.52. The van der Waals surface area contributed by atoms with Gasteiger partial charge in [0.25, 0.3) is 11.8 Å². The Morgan fingerprint density at radius 3 is 2.62 bits per heavy atom. The van der Waals surface area contributed by atoms with E-state index in [4.69, 9.17) is 16.3 Å². The Bertz CT molecular complexity index is 966. The molecule has 2 N–H and O–H groups in total. The average molecular weight is 482 g/mol. The smallest absolute Gasteiger partial charge is 0.400 e. The average Bonchev–Trinajstić information content (AvgIpc) is 3.06. The number of anilines is 1. The normalized spacial score (nSPS) is 24.2. The first-order chi connectivity index (χ1) is 14.9. The summed E-state index contributed by atoms with van der Waals surface area (Å²) in [6, 6.07) is 1.44. The lowest BCUT2D eigenvalue weighted by Gasteiger charge is -2.31. The largest absolute Gasteiger partial charge is 0.496 e. The Morgan fingerprint density at radius 1 is 1.41 bits per heavy atom. The third kappa shape index (κ3) is 4.89. The highest BCUT2D eigenvalue weighted by atomic mass is 35.5. The van der Waals surface area contributed by atoms with Crippen molar-refractivity contribution in [1.29, 1.82) is 0 Å². The van der Waals surface area contributed by atoms with E-state index in [9.17, 15) is 26.7 Å². The second kappa shape index (κ2) is 8.72. The summed E-state index contributed by atoms with van der Waals surface area (Å²) in [6.45, 7) is 0.497. The number of guanidine groups is 1. The van der Waals surface area contributed by atoms with E-state index in [1.165, 1.54) is 33.2 Å². The van der Waals surface area contributed by atoms with E-state index >= 15 is 0 Å². The van der Waals surface area contributed by atoms with Gasteiger partial charge in [0.15, 0.2) is 0 Å². The molecule has 2 heterocycles. The Hall–Kier alpha value is -2.63. The molecular weight excluding hydrogens is 461 g/mol. The van der Waals surface area contributed by atoms with Crippen LogP contribution in [0.15, 0.2) is 22.1 Å². The van der Waals surface area contributed by atoms with Crippen LogP contribution >= 0.6 is 11.6 Å². The highest BCUT2D eigenvalue weighted by Gasteiger charge is 2.49. The molecule has 2 aliphatic rings. The lowest BCUT2D eigenvalue weighted by Crippen LogP contribution is -2.53. The summed E-state index contributed by atoms with van der Waals surface area (Å²) in [4.78, 5) is 21.4. The van der Waals surface area contributed by atoms with Crippen LogP contribution in [0.2, 0.25) is 5.02 Å². The minimum absolute atomic E-state index is 0.0133. The van der Waals surface area contributed by atoms with Gasteiger partial charge in [0.2, 0.25) is 5.96 Å². The maximum atomic E-state index is 13.5. The van der Waals surface area contributed by atoms with Gasteiger partial charge in [-0.05, 0) is 13.0 Å². The predicted molar refractivity (Wildman–Crippen MR) is 110 cm³/mol. The first-order valence-electron chi connectivity index (χ1n) is 9.56. The van der Waals surface area contributed by atoms with E-state index in [2.05, 4.69) is 20.6 Å². The molecular formula is C19H21ClF5N5O2. The first-order valence-corrected chi connectivity index (χ1v) is 9.94. The Balaban J connectivity index is 1.86. The lowest BCUT2D eigenvalue weighted by molar-refractivity contribution is -0.159. The number of likely N-dealkylation sites (tertiary alicyclic amines) is 1. The zero-order valence-corrected chi connectivity index (χ0v) is 18.1. The molecule has 32 heavy (non-hydrogen) atoms. The molecule has 2 unspecified atom stereocenters. The third-order valence-electron chi connectivity index (χ3n) is 5.18. The van der Waals surface area contributed by atoms with Crippen LogP contribution in [-0.2, 0) is 0 Å². The number of nitrogens with zero attached hydrogens (tertiary/aromatic N) is 3. The number of alkyl halides is 5. The van der Waals surface area contributed by atoms with Crippen LogP contribution in [0.1, 0.15) is 23.7 Å². The fourth-order valence-corrected chi connectivity index (χ4v) is 3.83. The second-order valence-corrected chi connectivity index (χ2v) is 7.87. The highest BCUT2D eigenvalue weighted by Crippen LogP contribution is 2.36. The quantitative estimate of drug-likeness (QED) is 0.644. The van der Waals surface area contributed by atoms with E-state index < -0.39 is 42.9 Å². The number of amidine groups is 1. The Kier molecular flexibility index (Phi) is 6.55. The van der Waals surface area contributed by atoms with Crippen molar-refractivity contribution in [2.75, 3.05) is 32.6 Å². The van der Waals surface area contributed by atoms with Crippen LogP contribution in [0.4, 0.5) is 27.6 Å². The summed E-state index contributed by atoms with van der Waals surface area (Å²) in [6.07, 6.45) is -4.97. The van der Waals surface area contributed by atoms with Gasteiger partial charge >= 0.3 is 6.18 Å². The summed E-state index contributed by atoms with van der Waals surface area (Å²) < 4.78 is 72.1.